The molecule has 2 rings (SSSR count). The normalized spacial score (nSPS) is 11.2. The molecule has 3 nitrogen and oxygen atoms in total. The van der Waals surface area contributed by atoms with E-state index >= 15 is 0 Å². The number of benzene rings is 2. The van der Waals surface area contributed by atoms with Crippen molar-refractivity contribution in [3.05, 3.63) is 64.2 Å². The van der Waals surface area contributed by atoms with E-state index in [9.17, 15) is 18.0 Å². The fourth-order valence-electron chi connectivity index (χ4n) is 2.12. The molecule has 2 aromatic carbocycles. The highest BCUT2D eigenvalue weighted by Crippen LogP contribution is 2.29. The molecule has 0 atom stereocenters. The lowest BCUT2D eigenvalue weighted by molar-refractivity contribution is -0.137. The van der Waals surface area contributed by atoms with E-state index in [4.69, 9.17) is 16.3 Å². The number of amides is 1. The first kappa shape index (κ1) is 19.1. The topological polar surface area (TPSA) is 38.3 Å². The third-order valence-electron chi connectivity index (χ3n) is 3.46. The summed E-state index contributed by atoms with van der Waals surface area (Å²) in [6.07, 6.45) is -3.92. The van der Waals surface area contributed by atoms with Crippen LogP contribution in [0.15, 0.2) is 42.5 Å². The maximum absolute atomic E-state index is 12.5. The van der Waals surface area contributed by atoms with E-state index in [0.717, 1.165) is 17.7 Å². The Labute approximate surface area is 148 Å². The fourth-order valence-corrected chi connectivity index (χ4v) is 2.29. The molecule has 0 saturated heterocycles. The summed E-state index contributed by atoms with van der Waals surface area (Å²) >= 11 is 5.97. The Kier molecular flexibility index (Phi) is 6.31. The summed E-state index contributed by atoms with van der Waals surface area (Å²) in [7, 11) is 0. The van der Waals surface area contributed by atoms with E-state index < -0.39 is 11.7 Å². The Bertz CT molecular complexity index is 730. The van der Waals surface area contributed by atoms with Gasteiger partial charge in [0, 0.05) is 6.54 Å². The van der Waals surface area contributed by atoms with Gasteiger partial charge in [0.05, 0.1) is 10.6 Å². The van der Waals surface area contributed by atoms with Gasteiger partial charge in [-0.2, -0.15) is 13.2 Å². The van der Waals surface area contributed by atoms with Gasteiger partial charge in [0.2, 0.25) is 0 Å². The summed E-state index contributed by atoms with van der Waals surface area (Å²) in [5.74, 6) is 0.101. The Hall–Kier alpha value is -2.21. The number of aryl methyl sites for hydroxylation is 1. The fraction of sp³-hybridized carbons (Fsp3) is 0.278. The number of halogens is 4. The van der Waals surface area contributed by atoms with Crippen LogP contribution in [0.5, 0.6) is 5.75 Å². The Balaban J connectivity index is 1.76. The van der Waals surface area contributed by atoms with E-state index in [1.54, 1.807) is 12.1 Å². The van der Waals surface area contributed by atoms with Crippen molar-refractivity contribution >= 4 is 17.5 Å². The van der Waals surface area contributed by atoms with Crippen molar-refractivity contribution in [2.75, 3.05) is 13.2 Å². The van der Waals surface area contributed by atoms with Gasteiger partial charge in [0.15, 0.2) is 6.61 Å². The molecule has 0 spiro atoms. The Morgan fingerprint density at radius 1 is 1.16 bits per heavy atom. The molecule has 0 radical (unpaired) electrons. The van der Waals surface area contributed by atoms with Crippen LogP contribution in [0, 0.1) is 6.92 Å². The quantitative estimate of drug-likeness (QED) is 0.817. The molecule has 25 heavy (non-hydrogen) atoms. The van der Waals surface area contributed by atoms with Crippen LogP contribution < -0.4 is 10.1 Å². The first-order valence-electron chi connectivity index (χ1n) is 7.57. The van der Waals surface area contributed by atoms with Crippen LogP contribution in [0.3, 0.4) is 0 Å². The standard InChI is InChI=1S/C18H17ClF3NO2/c1-12-2-7-15(19)16(10-12)25-11-17(24)23-9-8-13-3-5-14(6-4-13)18(20,21)22/h2-7,10H,8-9,11H2,1H3,(H,23,24). The second kappa shape index (κ2) is 8.25. The number of rotatable bonds is 6. The number of hydrogen-bond donors (Lipinski definition) is 1. The molecule has 7 heteroatoms. The molecule has 0 saturated carbocycles. The van der Waals surface area contributed by atoms with Crippen LogP contribution in [0.25, 0.3) is 0 Å². The second-order valence-electron chi connectivity index (χ2n) is 5.52. The highest BCUT2D eigenvalue weighted by atomic mass is 35.5. The van der Waals surface area contributed by atoms with E-state index in [1.807, 2.05) is 13.0 Å². The molecular weight excluding hydrogens is 355 g/mol. The SMILES string of the molecule is Cc1ccc(Cl)c(OCC(=O)NCCc2ccc(C(F)(F)F)cc2)c1. The van der Waals surface area contributed by atoms with Gasteiger partial charge in [-0.25, -0.2) is 0 Å². The van der Waals surface area contributed by atoms with E-state index in [1.165, 1.54) is 12.1 Å². The maximum atomic E-state index is 12.5. The molecule has 1 N–H and O–H groups in total. The second-order valence-corrected chi connectivity index (χ2v) is 5.92. The summed E-state index contributed by atoms with van der Waals surface area (Å²) in [4.78, 5) is 11.8. The third-order valence-corrected chi connectivity index (χ3v) is 3.77. The number of carbonyl (C=O) groups excluding carboxylic acids is 1. The van der Waals surface area contributed by atoms with Gasteiger partial charge < -0.3 is 10.1 Å². The number of carbonyl (C=O) groups is 1. The van der Waals surface area contributed by atoms with Gasteiger partial charge in [-0.3, -0.25) is 4.79 Å². The lowest BCUT2D eigenvalue weighted by Gasteiger charge is -2.10. The van der Waals surface area contributed by atoms with Crippen molar-refractivity contribution in [3.63, 3.8) is 0 Å². The lowest BCUT2D eigenvalue weighted by atomic mass is 10.1. The van der Waals surface area contributed by atoms with Crippen molar-refractivity contribution in [2.24, 2.45) is 0 Å². The van der Waals surface area contributed by atoms with Crippen molar-refractivity contribution in [1.82, 2.24) is 5.32 Å². The molecule has 1 amide bonds. The number of alkyl halides is 3. The molecule has 0 unspecified atom stereocenters. The third kappa shape index (κ3) is 5.98. The minimum Gasteiger partial charge on any atom is -0.482 e. The van der Waals surface area contributed by atoms with Crippen LogP contribution in [0.1, 0.15) is 16.7 Å². The zero-order chi connectivity index (χ0) is 18.4. The molecule has 2 aromatic rings. The maximum Gasteiger partial charge on any atom is 0.416 e. The summed E-state index contributed by atoms with van der Waals surface area (Å²) in [5.41, 5.74) is 0.974. The van der Waals surface area contributed by atoms with Gasteiger partial charge in [-0.1, -0.05) is 29.8 Å². The minimum absolute atomic E-state index is 0.184. The monoisotopic (exact) mass is 371 g/mol. The summed E-state index contributed by atoms with van der Waals surface area (Å²) in [6, 6.07) is 10.1. The lowest BCUT2D eigenvalue weighted by Crippen LogP contribution is -2.30. The Morgan fingerprint density at radius 2 is 1.84 bits per heavy atom. The largest absolute Gasteiger partial charge is 0.482 e. The highest BCUT2D eigenvalue weighted by Gasteiger charge is 2.29. The van der Waals surface area contributed by atoms with E-state index in [2.05, 4.69) is 5.32 Å². The molecule has 0 heterocycles. The smallest absolute Gasteiger partial charge is 0.416 e. The van der Waals surface area contributed by atoms with Crippen molar-refractivity contribution in [1.29, 1.82) is 0 Å². The van der Waals surface area contributed by atoms with Crippen LogP contribution in [0.2, 0.25) is 5.02 Å². The van der Waals surface area contributed by atoms with Gasteiger partial charge in [-0.05, 0) is 48.7 Å². The zero-order valence-electron chi connectivity index (χ0n) is 13.5. The van der Waals surface area contributed by atoms with Crippen molar-refractivity contribution < 1.29 is 22.7 Å². The minimum atomic E-state index is -4.35. The van der Waals surface area contributed by atoms with Gasteiger partial charge in [0.25, 0.3) is 5.91 Å². The first-order chi connectivity index (χ1) is 11.8. The first-order valence-corrected chi connectivity index (χ1v) is 7.95. The number of ether oxygens (including phenoxy) is 1. The van der Waals surface area contributed by atoms with E-state index in [0.29, 0.717) is 29.3 Å². The zero-order valence-corrected chi connectivity index (χ0v) is 14.2. The summed E-state index contributed by atoms with van der Waals surface area (Å²) in [5, 5.41) is 3.07. The molecule has 0 aliphatic heterocycles. The predicted octanol–water partition coefficient (Wildman–Crippen LogP) is 4.40. The predicted molar refractivity (Wildman–Crippen MR) is 89.8 cm³/mol. The van der Waals surface area contributed by atoms with Gasteiger partial charge >= 0.3 is 6.18 Å². The highest BCUT2D eigenvalue weighted by molar-refractivity contribution is 6.32. The van der Waals surface area contributed by atoms with E-state index in [-0.39, 0.29) is 12.5 Å². The molecule has 0 aliphatic carbocycles. The number of hydrogen-bond acceptors (Lipinski definition) is 2. The molecule has 0 fully saturated rings. The summed E-state index contributed by atoms with van der Waals surface area (Å²) < 4.78 is 42.8. The Morgan fingerprint density at radius 3 is 2.48 bits per heavy atom. The van der Waals surface area contributed by atoms with Crippen LogP contribution in [-0.2, 0) is 17.4 Å². The van der Waals surface area contributed by atoms with Gasteiger partial charge in [-0.15, -0.1) is 0 Å². The van der Waals surface area contributed by atoms with Crippen LogP contribution in [-0.4, -0.2) is 19.1 Å². The number of nitrogens with one attached hydrogen (secondary N) is 1. The molecule has 0 aromatic heterocycles. The van der Waals surface area contributed by atoms with Crippen LogP contribution >= 0.6 is 11.6 Å². The van der Waals surface area contributed by atoms with Crippen molar-refractivity contribution in [3.8, 4) is 5.75 Å². The molecule has 0 aliphatic rings. The van der Waals surface area contributed by atoms with Gasteiger partial charge in [0.1, 0.15) is 5.75 Å². The average molecular weight is 372 g/mol. The molecular formula is C18H17ClF3NO2. The summed E-state index contributed by atoms with van der Waals surface area (Å²) in [6.45, 7) is 2.00. The van der Waals surface area contributed by atoms with Crippen molar-refractivity contribution in [2.45, 2.75) is 19.5 Å². The molecule has 0 bridgehead atoms. The average Bonchev–Trinajstić information content (AvgIpc) is 2.55. The molecule has 134 valence electrons. The van der Waals surface area contributed by atoms with Crippen LogP contribution in [0.4, 0.5) is 13.2 Å².